The van der Waals surface area contributed by atoms with Gasteiger partial charge in [0.1, 0.15) is 5.75 Å². The van der Waals surface area contributed by atoms with E-state index in [0.29, 0.717) is 27.7 Å². The second-order valence-corrected chi connectivity index (χ2v) is 8.74. The van der Waals surface area contributed by atoms with E-state index < -0.39 is 7.82 Å². The maximum atomic E-state index is 11.3. The van der Waals surface area contributed by atoms with Crippen LogP contribution in [0.5, 0.6) is 23.0 Å². The fourth-order valence-corrected chi connectivity index (χ4v) is 4.69. The zero-order valence-corrected chi connectivity index (χ0v) is 17.8. The van der Waals surface area contributed by atoms with Crippen LogP contribution >= 0.6 is 31.1 Å². The van der Waals surface area contributed by atoms with Crippen LogP contribution < -0.4 is 18.7 Å². The van der Waals surface area contributed by atoms with Gasteiger partial charge in [0.2, 0.25) is 12.5 Å². The van der Waals surface area contributed by atoms with Crippen LogP contribution in [0.3, 0.4) is 0 Å². The van der Waals surface area contributed by atoms with Crippen molar-refractivity contribution in [3.8, 4) is 44.6 Å². The summed E-state index contributed by atoms with van der Waals surface area (Å²) in [4.78, 5) is 19.9. The molecule has 1 aromatic heterocycles. The topological polar surface area (TPSA) is 107 Å². The maximum Gasteiger partial charge on any atom is 0.524 e. The Balaban J connectivity index is 1.80. The standard InChI is InChI=1S/C18H16NO7PS2/c1-23-14-6-11(7-15-17(14)25-9-24-15)18-12(8-19-29-18)10-3-4-16(28-2)13(5-10)26-27(20,21)22/h3-8H,9H2,1-2H3,(H2,20,21,22). The maximum absolute atomic E-state index is 11.3. The van der Waals surface area contributed by atoms with E-state index in [0.717, 1.165) is 16.0 Å². The van der Waals surface area contributed by atoms with Crippen LogP contribution in [0.25, 0.3) is 21.6 Å². The predicted molar refractivity (Wildman–Crippen MR) is 110 cm³/mol. The van der Waals surface area contributed by atoms with Crippen LogP contribution in [-0.2, 0) is 4.57 Å². The number of methoxy groups -OCH3 is 1. The number of aromatic nitrogens is 1. The SMILES string of the molecule is COc1cc(-c2sncc2-c2ccc(SC)c(OP(=O)(O)O)c2)cc2c1OCO2. The lowest BCUT2D eigenvalue weighted by molar-refractivity contribution is 0.171. The minimum atomic E-state index is -4.69. The highest BCUT2D eigenvalue weighted by molar-refractivity contribution is 7.98. The molecule has 0 saturated carbocycles. The summed E-state index contributed by atoms with van der Waals surface area (Å²) in [5, 5.41) is 0. The molecule has 0 saturated heterocycles. The lowest BCUT2D eigenvalue weighted by Crippen LogP contribution is -1.93. The number of hydrogen-bond acceptors (Lipinski definition) is 8. The summed E-state index contributed by atoms with van der Waals surface area (Å²) in [5.74, 6) is 1.81. The smallest absolute Gasteiger partial charge is 0.493 e. The van der Waals surface area contributed by atoms with Gasteiger partial charge in [0, 0.05) is 22.2 Å². The zero-order valence-electron chi connectivity index (χ0n) is 15.3. The lowest BCUT2D eigenvalue weighted by atomic mass is 10.0. The van der Waals surface area contributed by atoms with Crippen LogP contribution in [0.15, 0.2) is 41.4 Å². The molecule has 0 fully saturated rings. The Kier molecular flexibility index (Phi) is 5.46. The summed E-state index contributed by atoms with van der Waals surface area (Å²) in [6, 6.07) is 8.91. The van der Waals surface area contributed by atoms with Gasteiger partial charge in [-0.3, -0.25) is 9.79 Å². The van der Waals surface area contributed by atoms with E-state index in [4.69, 9.17) is 18.7 Å². The Labute approximate surface area is 174 Å². The van der Waals surface area contributed by atoms with Crippen molar-refractivity contribution in [1.82, 2.24) is 4.37 Å². The van der Waals surface area contributed by atoms with E-state index in [-0.39, 0.29) is 12.5 Å². The number of hydrogen-bond donors (Lipinski definition) is 2. The molecular formula is C18H16NO7PS2. The fraction of sp³-hybridized carbons (Fsp3) is 0.167. The molecule has 29 heavy (non-hydrogen) atoms. The van der Waals surface area contributed by atoms with Crippen molar-refractivity contribution in [2.45, 2.75) is 4.90 Å². The third-order valence-electron chi connectivity index (χ3n) is 4.18. The second-order valence-electron chi connectivity index (χ2n) is 5.93. The predicted octanol–water partition coefficient (Wildman–Crippen LogP) is 4.41. The number of fused-ring (bicyclic) bond motifs is 1. The molecule has 8 nitrogen and oxygen atoms in total. The average Bonchev–Trinajstić information content (AvgIpc) is 3.35. The highest BCUT2D eigenvalue weighted by Crippen LogP contribution is 2.48. The zero-order chi connectivity index (χ0) is 20.6. The minimum Gasteiger partial charge on any atom is -0.493 e. The lowest BCUT2D eigenvalue weighted by Gasteiger charge is -2.13. The molecule has 4 rings (SSSR count). The van der Waals surface area contributed by atoms with Crippen molar-refractivity contribution in [3.63, 3.8) is 0 Å². The summed E-state index contributed by atoms with van der Waals surface area (Å²) < 4.78 is 36.9. The van der Waals surface area contributed by atoms with Crippen LogP contribution in [0.2, 0.25) is 0 Å². The van der Waals surface area contributed by atoms with Gasteiger partial charge in [0.15, 0.2) is 11.5 Å². The molecule has 11 heteroatoms. The van der Waals surface area contributed by atoms with Gasteiger partial charge in [-0.15, -0.1) is 11.8 Å². The number of rotatable bonds is 6. The van der Waals surface area contributed by atoms with Crippen molar-refractivity contribution in [2.75, 3.05) is 20.2 Å². The minimum absolute atomic E-state index is 0.115. The Morgan fingerprint density at radius 1 is 1.17 bits per heavy atom. The van der Waals surface area contributed by atoms with Crippen molar-refractivity contribution in [2.24, 2.45) is 0 Å². The Morgan fingerprint density at radius 3 is 2.69 bits per heavy atom. The first-order valence-corrected chi connectivity index (χ1v) is 11.8. The average molecular weight is 453 g/mol. The van der Waals surface area contributed by atoms with Gasteiger partial charge in [0.25, 0.3) is 0 Å². The molecule has 0 spiro atoms. The summed E-state index contributed by atoms with van der Waals surface area (Å²) >= 11 is 2.62. The van der Waals surface area contributed by atoms with E-state index in [1.165, 1.54) is 23.3 Å². The summed E-state index contributed by atoms with van der Waals surface area (Å²) in [5.41, 5.74) is 2.33. The quantitative estimate of drug-likeness (QED) is 0.415. The molecule has 2 aromatic carbocycles. The molecule has 2 N–H and O–H groups in total. The largest absolute Gasteiger partial charge is 0.524 e. The van der Waals surface area contributed by atoms with Gasteiger partial charge < -0.3 is 18.7 Å². The molecule has 0 amide bonds. The summed E-state index contributed by atoms with van der Waals surface area (Å²) in [6.45, 7) is 0.129. The molecule has 152 valence electrons. The monoisotopic (exact) mass is 453 g/mol. The highest BCUT2D eigenvalue weighted by atomic mass is 32.2. The van der Waals surface area contributed by atoms with Gasteiger partial charge in [-0.25, -0.2) is 4.57 Å². The molecule has 3 aromatic rings. The highest BCUT2D eigenvalue weighted by Gasteiger charge is 2.23. The number of thioether (sulfide) groups is 1. The normalized spacial score (nSPS) is 12.8. The molecule has 0 radical (unpaired) electrons. The summed E-state index contributed by atoms with van der Waals surface area (Å²) in [7, 11) is -3.13. The number of nitrogens with zero attached hydrogens (tertiary/aromatic N) is 1. The van der Waals surface area contributed by atoms with Crippen LogP contribution in [0, 0.1) is 0 Å². The molecule has 0 aliphatic carbocycles. The molecular weight excluding hydrogens is 437 g/mol. The third kappa shape index (κ3) is 4.08. The van der Waals surface area contributed by atoms with E-state index in [2.05, 4.69) is 4.37 Å². The Bertz CT molecular complexity index is 1110. The van der Waals surface area contributed by atoms with Gasteiger partial charge >= 0.3 is 7.82 Å². The van der Waals surface area contributed by atoms with Gasteiger partial charge in [-0.05, 0) is 47.6 Å². The van der Waals surface area contributed by atoms with Gasteiger partial charge in [0.05, 0.1) is 12.0 Å². The third-order valence-corrected chi connectivity index (χ3v) is 6.24. The molecule has 0 bridgehead atoms. The fourth-order valence-electron chi connectivity index (χ4n) is 2.96. The Morgan fingerprint density at radius 2 is 1.97 bits per heavy atom. The first-order chi connectivity index (χ1) is 13.9. The van der Waals surface area contributed by atoms with E-state index in [9.17, 15) is 14.4 Å². The van der Waals surface area contributed by atoms with Crippen LogP contribution in [0.1, 0.15) is 0 Å². The molecule has 2 heterocycles. The van der Waals surface area contributed by atoms with E-state index >= 15 is 0 Å². The first-order valence-electron chi connectivity index (χ1n) is 8.26. The van der Waals surface area contributed by atoms with Crippen LogP contribution in [-0.4, -0.2) is 34.3 Å². The molecule has 1 aliphatic rings. The number of ether oxygens (including phenoxy) is 3. The van der Waals surface area contributed by atoms with E-state index in [1.807, 2.05) is 18.2 Å². The van der Waals surface area contributed by atoms with Crippen molar-refractivity contribution < 1.29 is 33.1 Å². The molecule has 0 unspecified atom stereocenters. The van der Waals surface area contributed by atoms with Crippen molar-refractivity contribution in [1.29, 1.82) is 0 Å². The summed E-state index contributed by atoms with van der Waals surface area (Å²) in [6.07, 6.45) is 3.50. The Hall–Kier alpha value is -2.23. The van der Waals surface area contributed by atoms with Crippen molar-refractivity contribution >= 4 is 31.1 Å². The van der Waals surface area contributed by atoms with E-state index in [1.54, 1.807) is 31.7 Å². The molecule has 1 aliphatic heterocycles. The van der Waals surface area contributed by atoms with Crippen molar-refractivity contribution in [3.05, 3.63) is 36.5 Å². The second kappa shape index (κ2) is 7.89. The van der Waals surface area contributed by atoms with Crippen LogP contribution in [0.4, 0.5) is 0 Å². The molecule has 0 atom stereocenters. The van der Waals surface area contributed by atoms with Gasteiger partial charge in [-0.1, -0.05) is 6.07 Å². The number of phosphoric ester groups is 1. The number of phosphoric acid groups is 1. The number of benzene rings is 2. The first kappa shape index (κ1) is 20.1. The van der Waals surface area contributed by atoms with Gasteiger partial charge in [-0.2, -0.15) is 4.37 Å².